The largest absolute Gasteiger partial charge is 0.454 e. The number of furan rings is 1. The van der Waals surface area contributed by atoms with E-state index in [4.69, 9.17) is 4.42 Å². The van der Waals surface area contributed by atoms with Gasteiger partial charge in [-0.1, -0.05) is 18.2 Å². The van der Waals surface area contributed by atoms with Crippen LogP contribution in [0.2, 0.25) is 0 Å². The van der Waals surface area contributed by atoms with Gasteiger partial charge in [0.25, 0.3) is 0 Å². The van der Waals surface area contributed by atoms with E-state index in [1.807, 2.05) is 43.6 Å². The van der Waals surface area contributed by atoms with Gasteiger partial charge in [-0.05, 0) is 18.6 Å². The molecule has 24 heavy (non-hydrogen) atoms. The van der Waals surface area contributed by atoms with E-state index in [0.717, 1.165) is 28.0 Å². The summed E-state index contributed by atoms with van der Waals surface area (Å²) in [5.74, 6) is 1.22. The molecule has 1 aliphatic heterocycles. The number of benzene rings is 1. The molecule has 4 rings (SSSR count). The van der Waals surface area contributed by atoms with Crippen molar-refractivity contribution in [2.75, 3.05) is 11.5 Å². The fourth-order valence-corrected chi connectivity index (χ4v) is 4.89. The highest BCUT2D eigenvalue weighted by molar-refractivity contribution is 7.91. The fourth-order valence-electron chi connectivity index (χ4n) is 3.18. The second kappa shape index (κ2) is 5.75. The van der Waals surface area contributed by atoms with E-state index in [9.17, 15) is 8.42 Å². The number of sulfone groups is 1. The summed E-state index contributed by atoms with van der Waals surface area (Å²) < 4.78 is 30.8. The second-order valence-corrected chi connectivity index (χ2v) is 8.53. The molecule has 3 aromatic rings. The lowest BCUT2D eigenvalue weighted by Crippen LogP contribution is -2.29. The minimum Gasteiger partial charge on any atom is -0.454 e. The predicted octanol–water partition coefficient (Wildman–Crippen LogP) is 2.11. The average Bonchev–Trinajstić information content (AvgIpc) is 3.21. The summed E-state index contributed by atoms with van der Waals surface area (Å²) in [6, 6.07) is 9.86. The first-order chi connectivity index (χ1) is 11.5. The molecular formula is C17H19N3O3S. The van der Waals surface area contributed by atoms with Gasteiger partial charge >= 0.3 is 0 Å². The molecule has 0 unspecified atom stereocenters. The molecule has 0 radical (unpaired) electrons. The minimum absolute atomic E-state index is 0.0127. The van der Waals surface area contributed by atoms with Crippen molar-refractivity contribution in [3.63, 3.8) is 0 Å². The zero-order valence-corrected chi connectivity index (χ0v) is 14.2. The van der Waals surface area contributed by atoms with E-state index in [1.54, 1.807) is 4.68 Å². The maximum absolute atomic E-state index is 11.6. The van der Waals surface area contributed by atoms with Gasteiger partial charge in [0.05, 0.1) is 11.5 Å². The molecule has 1 saturated heterocycles. The number of hydrogen-bond acceptors (Lipinski definition) is 5. The van der Waals surface area contributed by atoms with E-state index in [2.05, 4.69) is 10.4 Å². The number of rotatable bonds is 4. The highest BCUT2D eigenvalue weighted by atomic mass is 32.2. The van der Waals surface area contributed by atoms with Crippen molar-refractivity contribution in [1.82, 2.24) is 15.1 Å². The third kappa shape index (κ3) is 2.97. The van der Waals surface area contributed by atoms with Crippen LogP contribution in [0.3, 0.4) is 0 Å². The Hall–Kier alpha value is -2.12. The molecule has 0 bridgehead atoms. The Balaban J connectivity index is 1.58. The Morgan fingerprint density at radius 1 is 1.38 bits per heavy atom. The maximum atomic E-state index is 11.6. The summed E-state index contributed by atoms with van der Waals surface area (Å²) in [4.78, 5) is 0. The second-order valence-electron chi connectivity index (χ2n) is 6.31. The van der Waals surface area contributed by atoms with Gasteiger partial charge in [-0.15, -0.1) is 0 Å². The minimum atomic E-state index is -2.88. The van der Waals surface area contributed by atoms with Gasteiger partial charge in [-0.25, -0.2) is 8.42 Å². The van der Waals surface area contributed by atoms with E-state index in [1.165, 1.54) is 0 Å². The number of aromatic nitrogens is 2. The van der Waals surface area contributed by atoms with Crippen molar-refractivity contribution in [2.24, 2.45) is 7.05 Å². The zero-order valence-electron chi connectivity index (χ0n) is 13.4. The molecular weight excluding hydrogens is 326 g/mol. The first-order valence-electron chi connectivity index (χ1n) is 7.95. The van der Waals surface area contributed by atoms with Gasteiger partial charge in [-0.3, -0.25) is 4.68 Å². The van der Waals surface area contributed by atoms with Gasteiger partial charge in [0.15, 0.2) is 15.6 Å². The number of nitrogens with zero attached hydrogens (tertiary/aromatic N) is 2. The summed E-state index contributed by atoms with van der Waals surface area (Å²) >= 11 is 0. The van der Waals surface area contributed by atoms with Crippen molar-refractivity contribution in [1.29, 1.82) is 0 Å². The standard InChI is InChI=1S/C17H19N3O3S/c1-20-10-13(9-18-14-6-7-24(21,22)11-14)17(19-20)16-8-12-4-2-3-5-15(12)23-16/h2-5,8,10,14,18H,6-7,9,11H2,1H3/t14-/m0/s1. The van der Waals surface area contributed by atoms with Crippen molar-refractivity contribution in [2.45, 2.75) is 19.0 Å². The molecule has 0 aliphatic carbocycles. The number of hydrogen-bond donors (Lipinski definition) is 1. The molecule has 1 aromatic carbocycles. The lowest BCUT2D eigenvalue weighted by atomic mass is 10.1. The van der Waals surface area contributed by atoms with Crippen molar-refractivity contribution >= 4 is 20.8 Å². The van der Waals surface area contributed by atoms with Crippen LogP contribution in [0, 0.1) is 0 Å². The van der Waals surface area contributed by atoms with Crippen LogP contribution in [0.1, 0.15) is 12.0 Å². The van der Waals surface area contributed by atoms with Gasteiger partial charge < -0.3 is 9.73 Å². The van der Waals surface area contributed by atoms with Crippen LogP contribution in [-0.4, -0.2) is 35.7 Å². The summed E-state index contributed by atoms with van der Waals surface area (Å²) in [7, 11) is -1.01. The molecule has 1 aliphatic rings. The van der Waals surface area contributed by atoms with E-state index in [0.29, 0.717) is 13.0 Å². The SMILES string of the molecule is Cn1cc(CN[C@H]2CCS(=O)(=O)C2)c(-c2cc3ccccc3o2)n1. The molecule has 1 N–H and O–H groups in total. The highest BCUT2D eigenvalue weighted by Gasteiger charge is 2.27. The third-order valence-electron chi connectivity index (χ3n) is 4.38. The molecule has 0 saturated carbocycles. The Morgan fingerprint density at radius 3 is 2.96 bits per heavy atom. The van der Waals surface area contributed by atoms with E-state index in [-0.39, 0.29) is 17.5 Å². The first-order valence-corrected chi connectivity index (χ1v) is 9.77. The van der Waals surface area contributed by atoms with Crippen LogP contribution >= 0.6 is 0 Å². The smallest absolute Gasteiger partial charge is 0.156 e. The lowest BCUT2D eigenvalue weighted by Gasteiger charge is -2.09. The van der Waals surface area contributed by atoms with Crippen molar-refractivity contribution in [3.8, 4) is 11.5 Å². The molecule has 0 spiro atoms. The number of nitrogens with one attached hydrogen (secondary N) is 1. The molecule has 1 atom stereocenters. The highest BCUT2D eigenvalue weighted by Crippen LogP contribution is 2.29. The molecule has 2 aromatic heterocycles. The van der Waals surface area contributed by atoms with Crippen LogP contribution in [0.5, 0.6) is 0 Å². The number of fused-ring (bicyclic) bond motifs is 1. The Kier molecular flexibility index (Phi) is 3.69. The molecule has 0 amide bonds. The fraction of sp³-hybridized carbons (Fsp3) is 0.353. The Labute approximate surface area is 140 Å². The van der Waals surface area contributed by atoms with Crippen LogP contribution < -0.4 is 5.32 Å². The monoisotopic (exact) mass is 345 g/mol. The van der Waals surface area contributed by atoms with Crippen LogP contribution in [0.25, 0.3) is 22.4 Å². The van der Waals surface area contributed by atoms with Crippen molar-refractivity contribution < 1.29 is 12.8 Å². The maximum Gasteiger partial charge on any atom is 0.156 e. The number of para-hydroxylation sites is 1. The van der Waals surface area contributed by atoms with Gasteiger partial charge in [-0.2, -0.15) is 5.10 Å². The van der Waals surface area contributed by atoms with Crippen molar-refractivity contribution in [3.05, 3.63) is 42.1 Å². The summed E-state index contributed by atoms with van der Waals surface area (Å²) in [5.41, 5.74) is 2.63. The van der Waals surface area contributed by atoms with E-state index < -0.39 is 9.84 Å². The molecule has 126 valence electrons. The quantitative estimate of drug-likeness (QED) is 0.784. The Bertz CT molecular complexity index is 955. The average molecular weight is 345 g/mol. The molecule has 1 fully saturated rings. The Morgan fingerprint density at radius 2 is 2.21 bits per heavy atom. The normalized spacial score (nSPS) is 20.0. The van der Waals surface area contributed by atoms with Gasteiger partial charge in [0.1, 0.15) is 11.3 Å². The van der Waals surface area contributed by atoms with Gasteiger partial charge in [0.2, 0.25) is 0 Å². The van der Waals surface area contributed by atoms with Crippen LogP contribution in [-0.2, 0) is 23.4 Å². The summed E-state index contributed by atoms with van der Waals surface area (Å²) in [6.07, 6.45) is 2.61. The molecule has 7 heteroatoms. The molecule has 6 nitrogen and oxygen atoms in total. The van der Waals surface area contributed by atoms with Crippen LogP contribution in [0.15, 0.2) is 40.9 Å². The third-order valence-corrected chi connectivity index (χ3v) is 6.15. The number of aryl methyl sites for hydroxylation is 1. The first kappa shape index (κ1) is 15.4. The summed E-state index contributed by atoms with van der Waals surface area (Å²) in [6.45, 7) is 0.570. The predicted molar refractivity (Wildman–Crippen MR) is 92.3 cm³/mol. The summed E-state index contributed by atoms with van der Waals surface area (Å²) in [5, 5.41) is 8.89. The topological polar surface area (TPSA) is 77.1 Å². The lowest BCUT2D eigenvalue weighted by molar-refractivity contribution is 0.553. The van der Waals surface area contributed by atoms with E-state index >= 15 is 0 Å². The van der Waals surface area contributed by atoms with Gasteiger partial charge in [0, 0.05) is 36.8 Å². The molecule has 3 heterocycles. The zero-order chi connectivity index (χ0) is 16.7. The van der Waals surface area contributed by atoms with Crippen LogP contribution in [0.4, 0.5) is 0 Å².